The molecule has 0 saturated heterocycles. The van der Waals surface area contributed by atoms with Crippen LogP contribution in [0.1, 0.15) is 13.3 Å². The quantitative estimate of drug-likeness (QED) is 0.337. The molecular weight excluding hydrogens is 440 g/mol. The van der Waals surface area contributed by atoms with Gasteiger partial charge in [0, 0.05) is 50.3 Å². The second-order valence-electron chi connectivity index (χ2n) is 8.81. The van der Waals surface area contributed by atoms with Gasteiger partial charge >= 0.3 is 6.09 Å². The number of benzene rings is 1. The Morgan fingerprint density at radius 2 is 1.97 bits per heavy atom. The third-order valence-corrected chi connectivity index (χ3v) is 6.45. The molecule has 11 heteroatoms. The summed E-state index contributed by atoms with van der Waals surface area (Å²) in [6, 6.07) is 7.45. The van der Waals surface area contributed by atoms with Crippen molar-refractivity contribution in [2.45, 2.75) is 45.8 Å². The number of aromatic nitrogens is 5. The molecule has 176 valence electrons. The maximum absolute atomic E-state index is 11.9. The van der Waals surface area contributed by atoms with Crippen LogP contribution in [0, 0.1) is 0 Å². The molecule has 0 spiro atoms. The zero-order chi connectivity index (χ0) is 23.8. The van der Waals surface area contributed by atoms with Crippen LogP contribution < -0.4 is 10.1 Å². The first-order valence-corrected chi connectivity index (χ1v) is 14.6. The van der Waals surface area contributed by atoms with Crippen molar-refractivity contribution in [3.8, 4) is 34.0 Å². The first-order valence-electron chi connectivity index (χ1n) is 10.9. The molecule has 0 aliphatic rings. The van der Waals surface area contributed by atoms with Crippen LogP contribution in [0.4, 0.5) is 4.79 Å². The van der Waals surface area contributed by atoms with Gasteiger partial charge in [0.2, 0.25) is 0 Å². The fourth-order valence-electron chi connectivity index (χ4n) is 2.92. The number of aromatic hydroxyl groups is 1. The number of rotatable bonds is 10. The van der Waals surface area contributed by atoms with Crippen LogP contribution in [-0.2, 0) is 11.5 Å². The largest absolute Gasteiger partial charge is 0.507 e. The Morgan fingerprint density at radius 1 is 1.18 bits per heavy atom. The first-order chi connectivity index (χ1) is 15.8. The van der Waals surface area contributed by atoms with E-state index in [1.54, 1.807) is 23.1 Å². The second kappa shape index (κ2) is 11.0. The molecule has 0 radical (unpaired) electrons. The molecule has 2 heterocycles. The molecule has 0 aliphatic heterocycles. The molecule has 0 aliphatic carbocycles. The summed E-state index contributed by atoms with van der Waals surface area (Å²) in [7, 11) is -1.18. The second-order valence-corrected chi connectivity index (χ2v) is 14.4. The number of hydrogen-bond donors (Lipinski definition) is 2. The average molecular weight is 471 g/mol. The van der Waals surface area contributed by atoms with E-state index in [-0.39, 0.29) is 12.5 Å². The predicted octanol–water partition coefficient (Wildman–Crippen LogP) is 3.92. The summed E-state index contributed by atoms with van der Waals surface area (Å²) < 4.78 is 12.6. The molecule has 0 atom stereocenters. The molecule has 1 amide bonds. The molecular formula is C22H30N6O4Si. The zero-order valence-corrected chi connectivity index (χ0v) is 20.4. The van der Waals surface area contributed by atoms with Gasteiger partial charge in [-0.05, 0) is 47.2 Å². The van der Waals surface area contributed by atoms with E-state index < -0.39 is 14.2 Å². The third-order valence-electron chi connectivity index (χ3n) is 4.75. The van der Waals surface area contributed by atoms with Crippen LogP contribution in [-0.4, -0.2) is 57.6 Å². The van der Waals surface area contributed by atoms with Crippen molar-refractivity contribution in [2.75, 3.05) is 13.2 Å². The molecule has 2 N–H and O–H groups in total. The van der Waals surface area contributed by atoms with Crippen LogP contribution in [0.5, 0.6) is 11.5 Å². The highest BCUT2D eigenvalue weighted by Gasteiger charge is 2.15. The van der Waals surface area contributed by atoms with Crippen LogP contribution in [0.25, 0.3) is 22.5 Å². The van der Waals surface area contributed by atoms with Crippen LogP contribution >= 0.6 is 0 Å². The van der Waals surface area contributed by atoms with Crippen molar-refractivity contribution in [1.29, 1.82) is 0 Å². The Balaban J connectivity index is 1.78. The number of carbonyl (C=O) groups is 1. The molecule has 0 saturated carbocycles. The number of tetrazole rings is 1. The minimum atomic E-state index is -1.18. The molecule has 0 unspecified atom stereocenters. The van der Waals surface area contributed by atoms with Gasteiger partial charge in [-0.15, -0.1) is 5.10 Å². The smallest absolute Gasteiger partial charge is 0.412 e. The summed E-state index contributed by atoms with van der Waals surface area (Å²) in [6.07, 6.45) is 3.51. The number of nitrogens with one attached hydrogen (secondary N) is 1. The Hall–Kier alpha value is -3.31. The fourth-order valence-corrected chi connectivity index (χ4v) is 3.67. The van der Waals surface area contributed by atoms with Gasteiger partial charge in [0.1, 0.15) is 18.2 Å². The summed E-state index contributed by atoms with van der Waals surface area (Å²) >= 11 is 0. The highest BCUT2D eigenvalue weighted by atomic mass is 28.3. The summed E-state index contributed by atoms with van der Waals surface area (Å²) in [5, 5.41) is 24.9. The van der Waals surface area contributed by atoms with Crippen LogP contribution in [0.15, 0.2) is 36.7 Å². The summed E-state index contributed by atoms with van der Waals surface area (Å²) in [5.74, 6) is 0.843. The number of carbonyl (C=O) groups excluding carboxylic acids is 1. The van der Waals surface area contributed by atoms with Crippen molar-refractivity contribution < 1.29 is 19.4 Å². The van der Waals surface area contributed by atoms with Gasteiger partial charge in [-0.3, -0.25) is 4.98 Å². The number of pyridine rings is 1. The van der Waals surface area contributed by atoms with Gasteiger partial charge in [-0.25, -0.2) is 4.79 Å². The SMILES string of the molecule is CCCNC(=O)Oc1ccc(O)c(-c2cncc(-c3nnnn3COCC[Si](C)(C)C)c2)c1. The third kappa shape index (κ3) is 7.09. The van der Waals surface area contributed by atoms with E-state index in [0.717, 1.165) is 12.5 Å². The molecule has 3 rings (SSSR count). The summed E-state index contributed by atoms with van der Waals surface area (Å²) in [4.78, 5) is 16.2. The van der Waals surface area contributed by atoms with E-state index in [9.17, 15) is 9.90 Å². The maximum atomic E-state index is 11.9. The van der Waals surface area contributed by atoms with Gasteiger partial charge in [0.15, 0.2) is 5.82 Å². The van der Waals surface area contributed by atoms with E-state index >= 15 is 0 Å². The van der Waals surface area contributed by atoms with E-state index in [2.05, 4.69) is 45.5 Å². The number of phenolic OH excluding ortho intramolecular Hbond substituents is 1. The fraction of sp³-hybridized carbons (Fsp3) is 0.409. The van der Waals surface area contributed by atoms with E-state index in [0.29, 0.717) is 41.4 Å². The van der Waals surface area contributed by atoms with Crippen LogP contribution in [0.2, 0.25) is 25.7 Å². The summed E-state index contributed by atoms with van der Waals surface area (Å²) in [6.45, 7) is 10.2. The number of amides is 1. The van der Waals surface area contributed by atoms with Gasteiger partial charge in [-0.1, -0.05) is 26.6 Å². The monoisotopic (exact) mass is 470 g/mol. The Kier molecular flexibility index (Phi) is 8.12. The molecule has 2 aromatic heterocycles. The lowest BCUT2D eigenvalue weighted by Crippen LogP contribution is -2.27. The zero-order valence-electron chi connectivity index (χ0n) is 19.4. The normalized spacial score (nSPS) is 11.4. The first kappa shape index (κ1) is 24.3. The molecule has 1 aromatic carbocycles. The van der Waals surface area contributed by atoms with Crippen molar-refractivity contribution in [3.63, 3.8) is 0 Å². The van der Waals surface area contributed by atoms with Gasteiger partial charge in [0.05, 0.1) is 0 Å². The van der Waals surface area contributed by atoms with Gasteiger partial charge < -0.3 is 19.9 Å². The minimum absolute atomic E-state index is 0.0320. The van der Waals surface area contributed by atoms with E-state index in [1.807, 2.05) is 13.0 Å². The van der Waals surface area contributed by atoms with Crippen molar-refractivity contribution in [2.24, 2.45) is 0 Å². The van der Waals surface area contributed by atoms with Crippen molar-refractivity contribution in [3.05, 3.63) is 36.7 Å². The Bertz CT molecular complexity index is 1080. The molecule has 10 nitrogen and oxygen atoms in total. The van der Waals surface area contributed by atoms with Crippen LogP contribution in [0.3, 0.4) is 0 Å². The molecule has 0 fully saturated rings. The number of phenols is 1. The molecule has 0 bridgehead atoms. The van der Waals surface area contributed by atoms with Gasteiger partial charge in [-0.2, -0.15) is 4.68 Å². The average Bonchev–Trinajstić information content (AvgIpc) is 3.25. The Morgan fingerprint density at radius 3 is 2.73 bits per heavy atom. The lowest BCUT2D eigenvalue weighted by atomic mass is 10.0. The van der Waals surface area contributed by atoms with E-state index in [4.69, 9.17) is 9.47 Å². The summed E-state index contributed by atoms with van der Waals surface area (Å²) in [5.41, 5.74) is 1.76. The predicted molar refractivity (Wildman–Crippen MR) is 127 cm³/mol. The van der Waals surface area contributed by atoms with Crippen molar-refractivity contribution in [1.82, 2.24) is 30.5 Å². The number of hydrogen-bond acceptors (Lipinski definition) is 8. The maximum Gasteiger partial charge on any atom is 0.412 e. The highest BCUT2D eigenvalue weighted by Crippen LogP contribution is 2.34. The lowest BCUT2D eigenvalue weighted by Gasteiger charge is -2.15. The molecule has 3 aromatic rings. The minimum Gasteiger partial charge on any atom is -0.507 e. The molecule has 33 heavy (non-hydrogen) atoms. The number of nitrogens with zero attached hydrogens (tertiary/aromatic N) is 5. The van der Waals surface area contributed by atoms with Crippen molar-refractivity contribution >= 4 is 14.2 Å². The highest BCUT2D eigenvalue weighted by molar-refractivity contribution is 6.76. The topological polar surface area (TPSA) is 124 Å². The Labute approximate surface area is 194 Å². The lowest BCUT2D eigenvalue weighted by molar-refractivity contribution is 0.0784. The van der Waals surface area contributed by atoms with Gasteiger partial charge in [0.25, 0.3) is 0 Å². The number of ether oxygens (including phenoxy) is 2. The standard InChI is InChI=1S/C22H30N6O4Si/c1-5-8-24-22(30)32-18-6-7-20(29)19(12-18)16-11-17(14-23-13-16)21-25-26-27-28(21)15-31-9-10-33(2,3)4/h6-7,11-14,29H,5,8-10,15H2,1-4H3,(H,24,30). The van der Waals surface area contributed by atoms with E-state index in [1.165, 1.54) is 12.1 Å².